The Balaban J connectivity index is 9.87. The Morgan fingerprint density at radius 2 is 0.640 bits per heavy atom. The van der Waals surface area contributed by atoms with Gasteiger partial charge in [-0.05, 0) is 51.5 Å². The van der Waals surface area contributed by atoms with Crippen LogP contribution in [0, 0.1) is 0 Å². The van der Waals surface area contributed by atoms with E-state index in [0.29, 0.717) is 104 Å². The molecule has 0 aliphatic rings. The fourth-order valence-electron chi connectivity index (χ4n) is 8.87. The van der Waals surface area contributed by atoms with Gasteiger partial charge >= 0.3 is 21.5 Å². The molecular weight excluding hydrogens is 1090 g/mol. The van der Waals surface area contributed by atoms with Crippen molar-refractivity contribution in [2.75, 3.05) is 35.3 Å². The fraction of sp³-hybridized carbons (Fsp3) is 0.938. The van der Waals surface area contributed by atoms with E-state index >= 15 is 30.8 Å². The van der Waals surface area contributed by atoms with Crippen LogP contribution in [0.15, 0.2) is 11.6 Å². The van der Waals surface area contributed by atoms with Gasteiger partial charge in [-0.25, -0.2) is 33.7 Å². The summed E-state index contributed by atoms with van der Waals surface area (Å²) in [5.74, 6) is -16.7. The van der Waals surface area contributed by atoms with Gasteiger partial charge < -0.3 is 9.90 Å². The summed E-state index contributed by atoms with van der Waals surface area (Å²) in [6, 6.07) is 0. The van der Waals surface area contributed by atoms with Crippen molar-refractivity contribution in [2.45, 2.75) is 253 Å². The average Bonchev–Trinajstić information content (AvgIpc) is 3.35. The minimum Gasteiger partial charge on any atom is -0.545 e. The highest BCUT2D eigenvalue weighted by Crippen LogP contribution is 2.55. The quantitative estimate of drug-likeness (QED) is 0.0182. The van der Waals surface area contributed by atoms with Gasteiger partial charge in [-0.1, -0.05) is 195 Å². The highest BCUT2D eigenvalue weighted by Gasteiger charge is 2.88. The van der Waals surface area contributed by atoms with Crippen molar-refractivity contribution >= 4 is 56.1 Å². The summed E-state index contributed by atoms with van der Waals surface area (Å²) in [6.45, 7) is 8.11. The van der Waals surface area contributed by atoms with E-state index in [4.69, 9.17) is 0 Å². The molecule has 2 unspecified atom stereocenters. The fourth-order valence-corrected chi connectivity index (χ4v) is 16.6. The van der Waals surface area contributed by atoms with Gasteiger partial charge in [-0.15, -0.1) is 17.9 Å². The summed E-state index contributed by atoms with van der Waals surface area (Å²) in [7, 11) is -32.1. The van der Waals surface area contributed by atoms with E-state index in [-0.39, 0.29) is 57.8 Å². The third kappa shape index (κ3) is 21.1. The zero-order valence-corrected chi connectivity index (χ0v) is 50.2. The molecule has 0 saturated heterocycles. The highest BCUT2D eigenvalue weighted by molar-refractivity contribution is 7.91. The molecule has 17 nitrogen and oxygen atoms in total. The number of carboxylic acids is 1. The number of rotatable bonds is 49. The topological polar surface area (TPSA) is 224 Å². The molecule has 0 rings (SSSR count). The zero-order valence-electron chi connectivity index (χ0n) is 46.1. The van der Waals surface area contributed by atoms with Crippen LogP contribution < -0.4 is 5.11 Å². The van der Waals surface area contributed by atoms with Crippen molar-refractivity contribution < 1.29 is 78.5 Å². The summed E-state index contributed by atoms with van der Waals surface area (Å²) in [6.07, 6.45) is 6.69. The van der Waals surface area contributed by atoms with E-state index in [1.165, 1.54) is 0 Å². The third-order valence-electron chi connectivity index (χ3n) is 13.3. The van der Waals surface area contributed by atoms with Crippen LogP contribution in [0.1, 0.15) is 241 Å². The number of carbonyl (C=O) groups is 1. The van der Waals surface area contributed by atoms with Gasteiger partial charge in [0.25, 0.3) is 0 Å². The Bertz CT molecular complexity index is 2110. The van der Waals surface area contributed by atoms with Crippen LogP contribution in [0.3, 0.4) is 0 Å². The SMILES string of the molecule is CCCCCCCCS(=O)(=O)N(F)C(N(F)S(=O)(=O)CCCCCCCC)(N(F)S(=O)(=O)CCCCCCCC)C(C=C(C)C(=O)[O-])(N(F)S(=O)(=O)CCCCCCCC)[N+](F)(CC)S(=O)(=O)CCCCCCCC. The lowest BCUT2D eigenvalue weighted by atomic mass is 9.98. The predicted molar refractivity (Wildman–Crippen MR) is 284 cm³/mol. The molecule has 75 heavy (non-hydrogen) atoms. The van der Waals surface area contributed by atoms with Crippen LogP contribution in [-0.4, -0.2) is 117 Å². The first kappa shape index (κ1) is 73.4. The molecule has 0 aromatic rings. The molecular formula is C48H94F5N5O12S5. The number of likely N-dealkylation sites (N-methyl/N-ethyl adjacent to an activating group) is 1. The molecule has 2 atom stereocenters. The van der Waals surface area contributed by atoms with Crippen molar-refractivity contribution in [3.63, 3.8) is 0 Å². The molecule has 27 heteroatoms. The Kier molecular flexibility index (Phi) is 35.1. The molecule has 0 N–H and O–H groups in total. The summed E-state index contributed by atoms with van der Waals surface area (Å²) in [4.78, 5) is 12.9. The molecule has 0 fully saturated rings. The largest absolute Gasteiger partial charge is 0.545 e. The Hall–Kier alpha value is -1.59. The van der Waals surface area contributed by atoms with Gasteiger partial charge in [0.2, 0.25) is 40.1 Å². The van der Waals surface area contributed by atoms with Gasteiger partial charge in [0.1, 0.15) is 12.3 Å². The Morgan fingerprint density at radius 1 is 0.413 bits per heavy atom. The molecule has 0 aromatic carbocycles. The maximum absolute atomic E-state index is 19.6. The number of carbonyl (C=O) groups excluding carboxylic acids is 1. The molecule has 0 saturated carbocycles. The number of carboxylic acid groups (broad SMARTS) is 1. The van der Waals surface area contributed by atoms with Gasteiger partial charge in [0, 0.05) is 32.8 Å². The van der Waals surface area contributed by atoms with Gasteiger partial charge in [-0.2, -0.15) is 8.42 Å². The Labute approximate surface area is 449 Å². The first-order chi connectivity index (χ1) is 35.1. The maximum Gasteiger partial charge on any atom is 0.337 e. The minimum absolute atomic E-state index is 0.0454. The first-order valence-electron chi connectivity index (χ1n) is 27.5. The molecule has 0 heterocycles. The number of hydrogen-bond donors (Lipinski definition) is 0. The first-order valence-corrected chi connectivity index (χ1v) is 35.6. The number of halogens is 5. The van der Waals surface area contributed by atoms with Crippen molar-refractivity contribution in [3.05, 3.63) is 11.6 Å². The number of sulfonamides is 5. The molecule has 0 spiro atoms. The molecule has 0 radical (unpaired) electrons. The van der Waals surface area contributed by atoms with E-state index in [1.807, 2.05) is 34.6 Å². The molecule has 0 amide bonds. The van der Waals surface area contributed by atoms with Crippen LogP contribution in [0.2, 0.25) is 0 Å². The normalized spacial score (nSPS) is 15.3. The lowest BCUT2D eigenvalue weighted by Crippen LogP contribution is -2.88. The lowest BCUT2D eigenvalue weighted by molar-refractivity contribution is -1.01. The number of hydrogen-bond acceptors (Lipinski definition) is 12. The van der Waals surface area contributed by atoms with E-state index in [0.717, 1.165) is 12.8 Å². The molecule has 0 aliphatic carbocycles. The van der Waals surface area contributed by atoms with Crippen LogP contribution >= 0.6 is 0 Å². The smallest absolute Gasteiger partial charge is 0.337 e. The number of unbranched alkanes of at least 4 members (excludes halogenated alkanes) is 25. The second kappa shape index (κ2) is 35.9. The minimum atomic E-state index is -6.46. The number of aliphatic carboxylic acids is 1. The van der Waals surface area contributed by atoms with E-state index in [2.05, 4.69) is 0 Å². The van der Waals surface area contributed by atoms with E-state index in [1.54, 1.807) is 0 Å². The van der Waals surface area contributed by atoms with Crippen molar-refractivity contribution in [1.29, 1.82) is 0 Å². The average molecular weight is 1190 g/mol. The van der Waals surface area contributed by atoms with Crippen molar-refractivity contribution in [1.82, 2.24) is 18.1 Å². The Morgan fingerprint density at radius 3 is 0.880 bits per heavy atom. The molecule has 448 valence electrons. The zero-order chi connectivity index (χ0) is 57.6. The predicted octanol–water partition coefficient (Wildman–Crippen LogP) is 11.0. The number of quaternary nitrogens is 1. The van der Waals surface area contributed by atoms with Crippen molar-refractivity contribution in [3.8, 4) is 0 Å². The van der Waals surface area contributed by atoms with E-state index in [9.17, 15) is 43.6 Å². The number of nitrogens with zero attached hydrogens (tertiary/aromatic N) is 5. The third-order valence-corrected chi connectivity index (χ3v) is 21.8. The van der Waals surface area contributed by atoms with Gasteiger partial charge in [-0.3, -0.25) is 0 Å². The summed E-state index contributed by atoms with van der Waals surface area (Å²) in [5.41, 5.74) is -7.52. The van der Waals surface area contributed by atoms with Crippen LogP contribution in [0.4, 0.5) is 22.4 Å². The van der Waals surface area contributed by atoms with Gasteiger partial charge in [0.05, 0.1) is 29.0 Å². The summed E-state index contributed by atoms with van der Waals surface area (Å²) >= 11 is 0. The lowest BCUT2D eigenvalue weighted by Gasteiger charge is -2.54. The molecule has 0 bridgehead atoms. The second-order valence-electron chi connectivity index (χ2n) is 19.7. The van der Waals surface area contributed by atoms with Gasteiger partial charge in [0.15, 0.2) is 0 Å². The van der Waals surface area contributed by atoms with Crippen LogP contribution in [0.5, 0.6) is 0 Å². The summed E-state index contributed by atoms with van der Waals surface area (Å²) in [5, 5.41) is 12.9. The summed E-state index contributed by atoms with van der Waals surface area (Å²) < 4.78 is 230. The standard InChI is InChI=1S/C48H94F5N5O12S5/c1-8-14-19-24-29-34-39-71(61,62)54(49)47(44-45(7)46(59)60,58(53,13-6)75(69,70)43-38-33-28-23-18-12-5)48(55(50)72(63,64)40-35-30-25-20-15-9-2,56(51)73(65,66)41-36-31-26-21-16-10-3)57(52)74(67,68)42-37-32-27-22-17-11-4/h44H,8-43H2,1-7H3. The van der Waals surface area contributed by atoms with Crippen LogP contribution in [0.25, 0.3) is 0 Å². The second-order valence-corrected chi connectivity index (χ2v) is 29.4. The molecule has 0 aliphatic heterocycles. The maximum atomic E-state index is 19.6. The van der Waals surface area contributed by atoms with Crippen LogP contribution in [-0.2, 0) is 54.9 Å². The molecule has 0 aromatic heterocycles. The monoisotopic (exact) mass is 1190 g/mol. The van der Waals surface area contributed by atoms with E-state index < -0.39 is 169 Å². The van der Waals surface area contributed by atoms with Crippen molar-refractivity contribution in [2.24, 2.45) is 0 Å². The highest BCUT2D eigenvalue weighted by atomic mass is 32.2.